The number of nitrogens with zero attached hydrogens (tertiary/aromatic N) is 3. The van der Waals surface area contributed by atoms with E-state index in [1.165, 1.54) is 6.92 Å². The molecule has 1 fully saturated rings. The smallest absolute Gasteiger partial charge is 0.354 e. The summed E-state index contributed by atoms with van der Waals surface area (Å²) in [6.45, 7) is 3.20. The maximum absolute atomic E-state index is 12.1. The standard InChI is InChI=1S/C14H18N4O8/c1-6(19)23-4-9-10(24-7(2)20)11(25-8(3)21)12(26-9)18-5-16-13(15)17-14(18)22/h5,9-12H,4H2,1-3H3,(H2,15,17,22)/t9-,10-,11?,12-/m1/s1. The molecule has 0 bridgehead atoms. The van der Waals surface area contributed by atoms with Crippen LogP contribution in [0.3, 0.4) is 0 Å². The van der Waals surface area contributed by atoms with E-state index in [-0.39, 0.29) is 12.6 Å². The third-order valence-corrected chi connectivity index (χ3v) is 3.36. The Bertz CT molecular complexity index is 764. The maximum Gasteiger partial charge on any atom is 0.354 e. The second-order valence-electron chi connectivity index (χ2n) is 5.42. The fraction of sp³-hybridized carbons (Fsp3) is 0.571. The first-order chi connectivity index (χ1) is 12.2. The second-order valence-corrected chi connectivity index (χ2v) is 5.42. The lowest BCUT2D eigenvalue weighted by Crippen LogP contribution is -2.42. The molecule has 2 rings (SSSR count). The molecule has 12 nitrogen and oxygen atoms in total. The van der Waals surface area contributed by atoms with Gasteiger partial charge in [-0.15, -0.1) is 0 Å². The lowest BCUT2D eigenvalue weighted by atomic mass is 10.1. The van der Waals surface area contributed by atoms with Crippen molar-refractivity contribution in [3.63, 3.8) is 0 Å². The number of aromatic nitrogens is 3. The summed E-state index contributed by atoms with van der Waals surface area (Å²) in [4.78, 5) is 53.2. The largest absolute Gasteiger partial charge is 0.463 e. The SMILES string of the molecule is CC(=O)OC[C@H]1O[C@@H](n2cnc(N)nc2=O)C(OC(C)=O)[C@@H]1OC(C)=O. The summed E-state index contributed by atoms with van der Waals surface area (Å²) in [7, 11) is 0. The van der Waals surface area contributed by atoms with Crippen LogP contribution in [0.25, 0.3) is 0 Å². The molecule has 0 aliphatic carbocycles. The average molecular weight is 370 g/mol. The minimum absolute atomic E-state index is 0.249. The van der Waals surface area contributed by atoms with Gasteiger partial charge in [0, 0.05) is 20.8 Å². The van der Waals surface area contributed by atoms with Crippen LogP contribution >= 0.6 is 0 Å². The second kappa shape index (κ2) is 7.91. The summed E-state index contributed by atoms with van der Waals surface area (Å²) in [5.74, 6) is -2.21. The molecule has 1 aliphatic heterocycles. The quantitative estimate of drug-likeness (QED) is 0.476. The molecule has 0 amide bonds. The van der Waals surface area contributed by atoms with Crippen LogP contribution in [0, 0.1) is 0 Å². The van der Waals surface area contributed by atoms with Gasteiger partial charge < -0.3 is 24.7 Å². The number of ether oxygens (including phenoxy) is 4. The van der Waals surface area contributed by atoms with E-state index >= 15 is 0 Å². The van der Waals surface area contributed by atoms with Gasteiger partial charge >= 0.3 is 23.6 Å². The van der Waals surface area contributed by atoms with E-state index in [0.717, 1.165) is 24.7 Å². The van der Waals surface area contributed by atoms with Gasteiger partial charge in [0.15, 0.2) is 18.4 Å². The molecule has 12 heteroatoms. The van der Waals surface area contributed by atoms with Crippen molar-refractivity contribution in [1.82, 2.24) is 14.5 Å². The molecule has 1 saturated heterocycles. The molecule has 1 unspecified atom stereocenters. The molecule has 1 aromatic heterocycles. The van der Waals surface area contributed by atoms with Crippen molar-refractivity contribution in [3.8, 4) is 0 Å². The summed E-state index contributed by atoms with van der Waals surface area (Å²) in [6.07, 6.45) is -3.45. The van der Waals surface area contributed by atoms with Crippen molar-refractivity contribution >= 4 is 23.9 Å². The molecular weight excluding hydrogens is 352 g/mol. The molecule has 0 spiro atoms. The van der Waals surface area contributed by atoms with E-state index in [0.29, 0.717) is 0 Å². The number of nitrogen functional groups attached to an aromatic ring is 1. The molecule has 0 aromatic carbocycles. The van der Waals surface area contributed by atoms with Crippen LogP contribution in [0.4, 0.5) is 5.95 Å². The number of carbonyl (C=O) groups is 3. The zero-order chi connectivity index (χ0) is 19.4. The highest BCUT2D eigenvalue weighted by molar-refractivity contribution is 5.67. The van der Waals surface area contributed by atoms with Gasteiger partial charge in [0.25, 0.3) is 0 Å². The molecule has 1 aromatic rings. The number of nitrogens with two attached hydrogens (primary N) is 1. The lowest BCUT2D eigenvalue weighted by Gasteiger charge is -2.23. The van der Waals surface area contributed by atoms with Gasteiger partial charge in [-0.25, -0.2) is 9.78 Å². The maximum atomic E-state index is 12.1. The van der Waals surface area contributed by atoms with Crippen molar-refractivity contribution in [2.24, 2.45) is 0 Å². The number of anilines is 1. The number of esters is 3. The Balaban J connectivity index is 2.40. The minimum Gasteiger partial charge on any atom is -0.463 e. The Labute approximate surface area is 147 Å². The van der Waals surface area contributed by atoms with E-state index < -0.39 is 48.1 Å². The van der Waals surface area contributed by atoms with E-state index in [1.807, 2.05) is 0 Å². The van der Waals surface area contributed by atoms with Crippen LogP contribution in [0.1, 0.15) is 27.0 Å². The van der Waals surface area contributed by atoms with Crippen LogP contribution in [0.5, 0.6) is 0 Å². The summed E-state index contributed by atoms with van der Waals surface area (Å²) in [5, 5.41) is 0. The highest BCUT2D eigenvalue weighted by atomic mass is 16.7. The summed E-state index contributed by atoms with van der Waals surface area (Å²) < 4.78 is 21.8. The van der Waals surface area contributed by atoms with Crippen molar-refractivity contribution in [3.05, 3.63) is 16.8 Å². The predicted octanol–water partition coefficient (Wildman–Crippen LogP) is -1.46. The van der Waals surface area contributed by atoms with E-state index in [9.17, 15) is 19.2 Å². The summed E-state index contributed by atoms with van der Waals surface area (Å²) >= 11 is 0. The molecular formula is C14H18N4O8. The minimum atomic E-state index is -1.21. The Morgan fingerprint density at radius 3 is 2.31 bits per heavy atom. The molecule has 2 heterocycles. The molecule has 4 atom stereocenters. The van der Waals surface area contributed by atoms with Crippen molar-refractivity contribution in [2.45, 2.75) is 45.3 Å². The van der Waals surface area contributed by atoms with Crippen molar-refractivity contribution in [1.29, 1.82) is 0 Å². The first-order valence-electron chi connectivity index (χ1n) is 7.53. The number of carbonyl (C=O) groups excluding carboxylic acids is 3. The first kappa shape index (κ1) is 19.3. The zero-order valence-corrected chi connectivity index (χ0v) is 14.3. The molecule has 2 N–H and O–H groups in total. The summed E-state index contributed by atoms with van der Waals surface area (Å²) in [6, 6.07) is 0. The predicted molar refractivity (Wildman–Crippen MR) is 82.4 cm³/mol. The summed E-state index contributed by atoms with van der Waals surface area (Å²) in [5.41, 5.74) is 4.54. The van der Waals surface area contributed by atoms with Gasteiger partial charge in [0.2, 0.25) is 5.95 Å². The lowest BCUT2D eigenvalue weighted by molar-refractivity contribution is -0.166. The van der Waals surface area contributed by atoms with Crippen LogP contribution in [-0.4, -0.2) is 57.4 Å². The molecule has 1 aliphatic rings. The Hall–Kier alpha value is -3.02. The van der Waals surface area contributed by atoms with Crippen LogP contribution in [0.2, 0.25) is 0 Å². The molecule has 142 valence electrons. The van der Waals surface area contributed by atoms with Crippen LogP contribution < -0.4 is 11.4 Å². The number of hydrogen-bond acceptors (Lipinski definition) is 11. The van der Waals surface area contributed by atoms with Gasteiger partial charge in [0.1, 0.15) is 19.0 Å². The zero-order valence-electron chi connectivity index (χ0n) is 14.3. The van der Waals surface area contributed by atoms with E-state index in [1.54, 1.807) is 0 Å². The van der Waals surface area contributed by atoms with Crippen LogP contribution in [-0.2, 0) is 33.3 Å². The van der Waals surface area contributed by atoms with E-state index in [2.05, 4.69) is 9.97 Å². The highest BCUT2D eigenvalue weighted by Gasteiger charge is 2.51. The van der Waals surface area contributed by atoms with Crippen LogP contribution in [0.15, 0.2) is 11.1 Å². The fourth-order valence-electron chi connectivity index (χ4n) is 2.45. The van der Waals surface area contributed by atoms with Crippen molar-refractivity contribution < 1.29 is 33.3 Å². The first-order valence-corrected chi connectivity index (χ1v) is 7.53. The van der Waals surface area contributed by atoms with Gasteiger partial charge in [0.05, 0.1) is 0 Å². The Morgan fingerprint density at radius 2 is 1.77 bits per heavy atom. The highest BCUT2D eigenvalue weighted by Crippen LogP contribution is 2.33. The van der Waals surface area contributed by atoms with Gasteiger partial charge in [-0.2, -0.15) is 4.98 Å². The average Bonchev–Trinajstić information content (AvgIpc) is 2.82. The van der Waals surface area contributed by atoms with E-state index in [4.69, 9.17) is 24.7 Å². The fourth-order valence-corrected chi connectivity index (χ4v) is 2.45. The number of rotatable bonds is 5. The Kier molecular flexibility index (Phi) is 5.87. The van der Waals surface area contributed by atoms with Gasteiger partial charge in [-0.3, -0.25) is 19.0 Å². The molecule has 0 saturated carbocycles. The van der Waals surface area contributed by atoms with Crippen molar-refractivity contribution in [2.75, 3.05) is 12.3 Å². The monoisotopic (exact) mass is 370 g/mol. The third kappa shape index (κ3) is 4.53. The van der Waals surface area contributed by atoms with Gasteiger partial charge in [-0.1, -0.05) is 0 Å². The Morgan fingerprint density at radius 1 is 1.15 bits per heavy atom. The third-order valence-electron chi connectivity index (χ3n) is 3.36. The number of hydrogen-bond donors (Lipinski definition) is 1. The topological polar surface area (TPSA) is 162 Å². The molecule has 26 heavy (non-hydrogen) atoms. The van der Waals surface area contributed by atoms with Gasteiger partial charge in [-0.05, 0) is 0 Å². The normalized spacial score (nSPS) is 24.7. The molecule has 0 radical (unpaired) electrons.